The zero-order chi connectivity index (χ0) is 15.4. The maximum absolute atomic E-state index is 2.37. The van der Waals surface area contributed by atoms with Gasteiger partial charge < -0.3 is 4.90 Å². The number of anilines is 1. The second-order valence-electron chi connectivity index (χ2n) is 7.46. The molecule has 1 aliphatic heterocycles. The lowest BCUT2D eigenvalue weighted by molar-refractivity contribution is 0.308. The molecule has 1 aliphatic carbocycles. The van der Waals surface area contributed by atoms with E-state index in [1.807, 2.05) is 0 Å². The Bertz CT molecular complexity index is 445. The van der Waals surface area contributed by atoms with Gasteiger partial charge in [-0.2, -0.15) is 0 Å². The van der Waals surface area contributed by atoms with Crippen LogP contribution in [0.25, 0.3) is 0 Å². The van der Waals surface area contributed by atoms with Gasteiger partial charge in [0, 0.05) is 19.3 Å². The Labute approximate surface area is 131 Å². The Hall–Kier alpha value is -0.980. The summed E-state index contributed by atoms with van der Waals surface area (Å²) in [5.74, 6) is 2.04. The number of fused-ring (bicyclic) bond motifs is 1. The Balaban J connectivity index is 0.000000173. The summed E-state index contributed by atoms with van der Waals surface area (Å²) in [4.78, 5) is 2.37. The first-order valence-electron chi connectivity index (χ1n) is 8.78. The second-order valence-corrected chi connectivity index (χ2v) is 7.46. The van der Waals surface area contributed by atoms with Crippen molar-refractivity contribution in [1.29, 1.82) is 0 Å². The smallest absolute Gasteiger partial charge is 0.0399 e. The van der Waals surface area contributed by atoms with Gasteiger partial charge in [-0.05, 0) is 61.3 Å². The van der Waals surface area contributed by atoms with Gasteiger partial charge in [0.05, 0.1) is 0 Å². The number of hydrogen-bond donors (Lipinski definition) is 0. The molecule has 1 nitrogen and oxygen atoms in total. The lowest BCUT2D eigenvalue weighted by Gasteiger charge is -2.28. The first-order valence-corrected chi connectivity index (χ1v) is 8.78. The molecule has 0 spiro atoms. The third kappa shape index (κ3) is 4.49. The molecule has 0 aromatic heterocycles. The van der Waals surface area contributed by atoms with Gasteiger partial charge >= 0.3 is 0 Å². The molecule has 3 rings (SSSR count). The van der Waals surface area contributed by atoms with Crippen molar-refractivity contribution in [2.45, 2.75) is 66.2 Å². The zero-order valence-electron chi connectivity index (χ0n) is 14.7. The molecule has 1 aromatic carbocycles. The summed E-state index contributed by atoms with van der Waals surface area (Å²) >= 11 is 0. The molecule has 1 aromatic rings. The molecule has 0 unspecified atom stereocenters. The molecule has 1 heteroatoms. The van der Waals surface area contributed by atoms with E-state index in [0.29, 0.717) is 0 Å². The van der Waals surface area contributed by atoms with Crippen molar-refractivity contribution in [3.8, 4) is 0 Å². The van der Waals surface area contributed by atoms with Gasteiger partial charge in [-0.3, -0.25) is 0 Å². The standard InChI is InChI=1S/C12H17N.C8H16/c1-9-7-11-5-4-6-13(3)12(11)8-10(9)2;1-7-3-5-8(2)6-4-7/h7-8H,4-6H2,1-3H3;7-8H,3-6H2,1-2H3. The van der Waals surface area contributed by atoms with Gasteiger partial charge in [0.1, 0.15) is 0 Å². The van der Waals surface area contributed by atoms with E-state index in [0.717, 1.165) is 11.8 Å². The minimum Gasteiger partial charge on any atom is -0.374 e. The van der Waals surface area contributed by atoms with Gasteiger partial charge in [0.25, 0.3) is 0 Å². The van der Waals surface area contributed by atoms with E-state index in [4.69, 9.17) is 0 Å². The van der Waals surface area contributed by atoms with Crippen LogP contribution >= 0.6 is 0 Å². The highest BCUT2D eigenvalue weighted by Gasteiger charge is 2.14. The number of nitrogens with zero attached hydrogens (tertiary/aromatic N) is 1. The predicted octanol–water partition coefficient (Wildman–Crippen LogP) is 5.52. The number of benzene rings is 1. The summed E-state index contributed by atoms with van der Waals surface area (Å²) in [5, 5.41) is 0. The maximum atomic E-state index is 2.37. The van der Waals surface area contributed by atoms with Crippen molar-refractivity contribution in [2.75, 3.05) is 18.5 Å². The molecule has 21 heavy (non-hydrogen) atoms. The molecule has 118 valence electrons. The highest BCUT2D eigenvalue weighted by molar-refractivity contribution is 5.58. The van der Waals surface area contributed by atoms with E-state index in [1.54, 1.807) is 0 Å². The molecular formula is C20H33N. The van der Waals surface area contributed by atoms with Crippen LogP contribution in [0, 0.1) is 25.7 Å². The summed E-state index contributed by atoms with van der Waals surface area (Å²) in [5.41, 5.74) is 5.80. The summed E-state index contributed by atoms with van der Waals surface area (Å²) in [6.45, 7) is 10.3. The number of aryl methyl sites for hydroxylation is 3. The largest absolute Gasteiger partial charge is 0.374 e. The van der Waals surface area contributed by atoms with Crippen LogP contribution < -0.4 is 4.90 Å². The van der Waals surface area contributed by atoms with Crippen molar-refractivity contribution in [1.82, 2.24) is 0 Å². The predicted molar refractivity (Wildman–Crippen MR) is 94.3 cm³/mol. The molecule has 1 fully saturated rings. The van der Waals surface area contributed by atoms with E-state index in [-0.39, 0.29) is 0 Å². The molecule has 0 atom stereocenters. The quantitative estimate of drug-likeness (QED) is 0.607. The van der Waals surface area contributed by atoms with Crippen LogP contribution in [-0.4, -0.2) is 13.6 Å². The normalized spacial score (nSPS) is 24.9. The molecular weight excluding hydrogens is 254 g/mol. The van der Waals surface area contributed by atoms with Crippen LogP contribution in [0.4, 0.5) is 5.69 Å². The van der Waals surface area contributed by atoms with Crippen LogP contribution in [0.2, 0.25) is 0 Å². The molecule has 0 bridgehead atoms. The van der Waals surface area contributed by atoms with Crippen molar-refractivity contribution in [3.05, 3.63) is 28.8 Å². The van der Waals surface area contributed by atoms with Crippen LogP contribution in [0.3, 0.4) is 0 Å². The Morgan fingerprint density at radius 1 is 0.905 bits per heavy atom. The van der Waals surface area contributed by atoms with Crippen LogP contribution in [0.15, 0.2) is 12.1 Å². The monoisotopic (exact) mass is 287 g/mol. The molecule has 0 amide bonds. The summed E-state index contributed by atoms with van der Waals surface area (Å²) in [6, 6.07) is 4.67. The Kier molecular flexibility index (Phi) is 5.72. The fourth-order valence-electron chi connectivity index (χ4n) is 3.47. The minimum atomic E-state index is 1.02. The molecule has 0 saturated heterocycles. The van der Waals surface area contributed by atoms with Gasteiger partial charge in [-0.25, -0.2) is 0 Å². The summed E-state index contributed by atoms with van der Waals surface area (Å²) in [7, 11) is 2.19. The Morgan fingerprint density at radius 2 is 1.43 bits per heavy atom. The van der Waals surface area contributed by atoms with Gasteiger partial charge in [-0.1, -0.05) is 45.6 Å². The lowest BCUT2D eigenvalue weighted by atomic mass is 9.84. The first-order chi connectivity index (χ1) is 9.97. The van der Waals surface area contributed by atoms with Crippen LogP contribution in [0.1, 0.15) is 62.6 Å². The van der Waals surface area contributed by atoms with Gasteiger partial charge in [-0.15, -0.1) is 0 Å². The fourth-order valence-corrected chi connectivity index (χ4v) is 3.47. The summed E-state index contributed by atoms with van der Waals surface area (Å²) in [6.07, 6.45) is 8.44. The van der Waals surface area contributed by atoms with Gasteiger partial charge in [0.2, 0.25) is 0 Å². The van der Waals surface area contributed by atoms with E-state index >= 15 is 0 Å². The summed E-state index contributed by atoms with van der Waals surface area (Å²) < 4.78 is 0. The highest BCUT2D eigenvalue weighted by atomic mass is 15.1. The average Bonchev–Trinajstić information content (AvgIpc) is 2.45. The van der Waals surface area contributed by atoms with Gasteiger partial charge in [0.15, 0.2) is 0 Å². The molecule has 0 N–H and O–H groups in total. The SMILES string of the molecule is CC1CCC(C)CC1.Cc1cc2c(cc1C)N(C)CCC2. The van der Waals surface area contributed by atoms with Crippen LogP contribution in [0.5, 0.6) is 0 Å². The van der Waals surface area contributed by atoms with E-state index in [1.165, 1.54) is 67.4 Å². The molecule has 1 heterocycles. The molecule has 0 radical (unpaired) electrons. The van der Waals surface area contributed by atoms with E-state index in [9.17, 15) is 0 Å². The van der Waals surface area contributed by atoms with E-state index < -0.39 is 0 Å². The highest BCUT2D eigenvalue weighted by Crippen LogP contribution is 2.28. The lowest BCUT2D eigenvalue weighted by Crippen LogP contribution is -2.24. The van der Waals surface area contributed by atoms with Crippen LogP contribution in [-0.2, 0) is 6.42 Å². The maximum Gasteiger partial charge on any atom is 0.0399 e. The average molecular weight is 287 g/mol. The topological polar surface area (TPSA) is 3.24 Å². The molecule has 1 saturated carbocycles. The first kappa shape index (κ1) is 16.4. The second kappa shape index (κ2) is 7.33. The molecule has 2 aliphatic rings. The van der Waals surface area contributed by atoms with Crippen molar-refractivity contribution < 1.29 is 0 Å². The Morgan fingerprint density at radius 3 is 2.00 bits per heavy atom. The van der Waals surface area contributed by atoms with Crippen molar-refractivity contribution >= 4 is 5.69 Å². The zero-order valence-corrected chi connectivity index (χ0v) is 14.7. The minimum absolute atomic E-state index is 1.02. The third-order valence-corrected chi connectivity index (χ3v) is 5.35. The van der Waals surface area contributed by atoms with Crippen molar-refractivity contribution in [3.63, 3.8) is 0 Å². The van der Waals surface area contributed by atoms with E-state index in [2.05, 4.69) is 51.8 Å². The van der Waals surface area contributed by atoms with Crippen molar-refractivity contribution in [2.24, 2.45) is 11.8 Å². The number of rotatable bonds is 0. The third-order valence-electron chi connectivity index (χ3n) is 5.35. The number of hydrogen-bond acceptors (Lipinski definition) is 1. The fraction of sp³-hybridized carbons (Fsp3) is 0.700.